The van der Waals surface area contributed by atoms with Crippen molar-refractivity contribution < 1.29 is 0 Å². The smallest absolute Gasteiger partial charge is 0.129 e. The Morgan fingerprint density at radius 2 is 1.94 bits per heavy atom. The van der Waals surface area contributed by atoms with E-state index in [9.17, 15) is 0 Å². The number of anilines is 1. The summed E-state index contributed by atoms with van der Waals surface area (Å²) in [5, 5.41) is 4.65. The second-order valence-corrected chi connectivity index (χ2v) is 5.01. The first kappa shape index (κ1) is 13.2. The van der Waals surface area contributed by atoms with Crippen molar-refractivity contribution in [1.82, 2.24) is 4.98 Å². The number of rotatable bonds is 3. The highest BCUT2D eigenvalue weighted by atomic mass is 35.5. The van der Waals surface area contributed by atoms with Crippen molar-refractivity contribution in [2.45, 2.75) is 19.9 Å². The number of benzene rings is 1. The van der Waals surface area contributed by atoms with E-state index in [2.05, 4.69) is 17.2 Å². The van der Waals surface area contributed by atoms with Crippen LogP contribution in [0.1, 0.15) is 24.2 Å². The first-order valence-corrected chi connectivity index (χ1v) is 6.47. The van der Waals surface area contributed by atoms with Gasteiger partial charge in [0, 0.05) is 11.1 Å². The molecule has 2 nitrogen and oxygen atoms in total. The summed E-state index contributed by atoms with van der Waals surface area (Å²) in [5.74, 6) is 0. The predicted octanol–water partition coefficient (Wildman–Crippen LogP) is 4.87. The first-order chi connectivity index (χ1) is 8.56. The molecule has 0 aliphatic heterocycles. The molecule has 0 fully saturated rings. The molecule has 0 saturated heterocycles. The fourth-order valence-electron chi connectivity index (χ4n) is 1.78. The van der Waals surface area contributed by atoms with Crippen LogP contribution in [0.25, 0.3) is 0 Å². The maximum atomic E-state index is 5.99. The van der Waals surface area contributed by atoms with Gasteiger partial charge in [0.1, 0.15) is 5.15 Å². The van der Waals surface area contributed by atoms with Crippen molar-refractivity contribution >= 4 is 28.9 Å². The third-order valence-corrected chi connectivity index (χ3v) is 3.22. The standard InChI is InChI=1S/C14H14Cl2N2/c1-9(11-4-3-5-12(15)8-11)17-13-6-7-14(16)18-10(13)2/h3-9,17H,1-2H3. The van der Waals surface area contributed by atoms with Gasteiger partial charge >= 0.3 is 0 Å². The van der Waals surface area contributed by atoms with Crippen LogP contribution in [-0.4, -0.2) is 4.98 Å². The number of pyridine rings is 1. The lowest BCUT2D eigenvalue weighted by atomic mass is 10.1. The van der Waals surface area contributed by atoms with E-state index in [0.29, 0.717) is 5.15 Å². The summed E-state index contributed by atoms with van der Waals surface area (Å²) in [4.78, 5) is 4.21. The van der Waals surface area contributed by atoms with Gasteiger partial charge in [0.25, 0.3) is 0 Å². The van der Waals surface area contributed by atoms with E-state index < -0.39 is 0 Å². The molecule has 0 aliphatic carbocycles. The molecule has 4 heteroatoms. The highest BCUT2D eigenvalue weighted by molar-refractivity contribution is 6.30. The van der Waals surface area contributed by atoms with Crippen LogP contribution in [0.5, 0.6) is 0 Å². The molecule has 1 unspecified atom stereocenters. The minimum atomic E-state index is 0.158. The molecule has 1 atom stereocenters. The van der Waals surface area contributed by atoms with Gasteiger partial charge < -0.3 is 5.32 Å². The third-order valence-electron chi connectivity index (χ3n) is 2.77. The largest absolute Gasteiger partial charge is 0.377 e. The van der Waals surface area contributed by atoms with Crippen LogP contribution in [0.3, 0.4) is 0 Å². The molecule has 1 aromatic carbocycles. The van der Waals surface area contributed by atoms with Crippen molar-refractivity contribution in [3.05, 3.63) is 57.8 Å². The molecule has 0 aliphatic rings. The van der Waals surface area contributed by atoms with Gasteiger partial charge in [-0.15, -0.1) is 0 Å². The van der Waals surface area contributed by atoms with Crippen LogP contribution >= 0.6 is 23.2 Å². The minimum Gasteiger partial charge on any atom is -0.377 e. The van der Waals surface area contributed by atoms with Gasteiger partial charge in [-0.25, -0.2) is 4.98 Å². The van der Waals surface area contributed by atoms with E-state index in [1.165, 1.54) is 0 Å². The van der Waals surface area contributed by atoms with E-state index in [-0.39, 0.29) is 6.04 Å². The summed E-state index contributed by atoms with van der Waals surface area (Å²) in [7, 11) is 0. The quantitative estimate of drug-likeness (QED) is 0.812. The Bertz CT molecular complexity index is 555. The Kier molecular flexibility index (Phi) is 4.10. The zero-order chi connectivity index (χ0) is 13.1. The normalized spacial score (nSPS) is 12.2. The molecule has 2 rings (SSSR count). The van der Waals surface area contributed by atoms with Gasteiger partial charge in [0.05, 0.1) is 11.4 Å². The number of nitrogens with one attached hydrogen (secondary N) is 1. The zero-order valence-electron chi connectivity index (χ0n) is 10.2. The van der Waals surface area contributed by atoms with Crippen LogP contribution in [-0.2, 0) is 0 Å². The van der Waals surface area contributed by atoms with E-state index >= 15 is 0 Å². The van der Waals surface area contributed by atoms with E-state index in [1.54, 1.807) is 6.07 Å². The molecule has 0 spiro atoms. The number of halogens is 2. The molecule has 1 N–H and O–H groups in total. The topological polar surface area (TPSA) is 24.9 Å². The molecule has 1 aromatic heterocycles. The third kappa shape index (κ3) is 3.15. The fourth-order valence-corrected chi connectivity index (χ4v) is 2.16. The van der Waals surface area contributed by atoms with Gasteiger partial charge in [-0.2, -0.15) is 0 Å². The van der Waals surface area contributed by atoms with Crippen LogP contribution in [0.4, 0.5) is 5.69 Å². The Morgan fingerprint density at radius 1 is 1.17 bits per heavy atom. The number of hydrogen-bond acceptors (Lipinski definition) is 2. The Balaban J connectivity index is 2.18. The average molecular weight is 281 g/mol. The molecule has 0 radical (unpaired) electrons. The minimum absolute atomic E-state index is 0.158. The van der Waals surface area contributed by atoms with Gasteiger partial charge in [-0.1, -0.05) is 35.3 Å². The van der Waals surface area contributed by atoms with Crippen molar-refractivity contribution in [2.24, 2.45) is 0 Å². The van der Waals surface area contributed by atoms with Crippen LogP contribution in [0, 0.1) is 6.92 Å². The number of aromatic nitrogens is 1. The lowest BCUT2D eigenvalue weighted by Gasteiger charge is -2.17. The lowest BCUT2D eigenvalue weighted by molar-refractivity contribution is 0.879. The fraction of sp³-hybridized carbons (Fsp3) is 0.214. The molecule has 0 saturated carbocycles. The molecule has 94 valence electrons. The second-order valence-electron chi connectivity index (χ2n) is 4.19. The lowest BCUT2D eigenvalue weighted by Crippen LogP contribution is -2.08. The number of nitrogens with zero attached hydrogens (tertiary/aromatic N) is 1. The molecule has 0 amide bonds. The molecular formula is C14H14Cl2N2. The summed E-state index contributed by atoms with van der Waals surface area (Å²) >= 11 is 11.8. The maximum absolute atomic E-state index is 5.99. The van der Waals surface area contributed by atoms with Crippen LogP contribution < -0.4 is 5.32 Å². The SMILES string of the molecule is Cc1nc(Cl)ccc1NC(C)c1cccc(Cl)c1. The van der Waals surface area contributed by atoms with Gasteiger partial charge in [-0.05, 0) is 43.7 Å². The number of aryl methyl sites for hydroxylation is 1. The van der Waals surface area contributed by atoms with Crippen molar-refractivity contribution in [3.63, 3.8) is 0 Å². The van der Waals surface area contributed by atoms with Crippen LogP contribution in [0.2, 0.25) is 10.2 Å². The van der Waals surface area contributed by atoms with E-state index in [1.807, 2.05) is 37.3 Å². The monoisotopic (exact) mass is 280 g/mol. The average Bonchev–Trinajstić information content (AvgIpc) is 2.32. The predicted molar refractivity (Wildman–Crippen MR) is 77.5 cm³/mol. The summed E-state index contributed by atoms with van der Waals surface area (Å²) in [6, 6.07) is 11.7. The van der Waals surface area contributed by atoms with Crippen LogP contribution in [0.15, 0.2) is 36.4 Å². The Labute approximate surface area is 117 Å². The van der Waals surface area contributed by atoms with Crippen molar-refractivity contribution in [3.8, 4) is 0 Å². The molecule has 0 bridgehead atoms. The highest BCUT2D eigenvalue weighted by Crippen LogP contribution is 2.24. The summed E-state index contributed by atoms with van der Waals surface area (Å²) < 4.78 is 0. The second kappa shape index (κ2) is 5.59. The highest BCUT2D eigenvalue weighted by Gasteiger charge is 2.08. The first-order valence-electron chi connectivity index (χ1n) is 5.71. The van der Waals surface area contributed by atoms with Gasteiger partial charge in [0.15, 0.2) is 0 Å². The maximum Gasteiger partial charge on any atom is 0.129 e. The van der Waals surface area contributed by atoms with Crippen molar-refractivity contribution in [2.75, 3.05) is 5.32 Å². The summed E-state index contributed by atoms with van der Waals surface area (Å²) in [6.45, 7) is 4.01. The van der Waals surface area contributed by atoms with Crippen molar-refractivity contribution in [1.29, 1.82) is 0 Å². The Morgan fingerprint density at radius 3 is 2.61 bits per heavy atom. The van der Waals surface area contributed by atoms with E-state index in [0.717, 1.165) is 22.0 Å². The molecule has 18 heavy (non-hydrogen) atoms. The molecular weight excluding hydrogens is 267 g/mol. The van der Waals surface area contributed by atoms with Gasteiger partial charge in [0.2, 0.25) is 0 Å². The molecule has 1 heterocycles. The Hall–Kier alpha value is -1.25. The summed E-state index contributed by atoms with van der Waals surface area (Å²) in [5.41, 5.74) is 3.00. The van der Waals surface area contributed by atoms with Gasteiger partial charge in [-0.3, -0.25) is 0 Å². The number of hydrogen-bond donors (Lipinski definition) is 1. The van der Waals surface area contributed by atoms with E-state index in [4.69, 9.17) is 23.2 Å². The molecule has 2 aromatic rings. The summed E-state index contributed by atoms with van der Waals surface area (Å²) in [6.07, 6.45) is 0. The zero-order valence-corrected chi connectivity index (χ0v) is 11.8.